The van der Waals surface area contributed by atoms with Crippen molar-refractivity contribution in [2.75, 3.05) is 13.1 Å². The smallest absolute Gasteiger partial charge is 0.157 e. The van der Waals surface area contributed by atoms with Crippen molar-refractivity contribution in [1.82, 2.24) is 4.90 Å². The van der Waals surface area contributed by atoms with Crippen LogP contribution in [0.2, 0.25) is 0 Å². The van der Waals surface area contributed by atoms with Gasteiger partial charge in [0.1, 0.15) is 12.2 Å². The maximum Gasteiger partial charge on any atom is 0.157 e. The van der Waals surface area contributed by atoms with E-state index in [1.807, 2.05) is 18.7 Å². The summed E-state index contributed by atoms with van der Waals surface area (Å²) in [7, 11) is 0. The first-order chi connectivity index (χ1) is 12.2. The molecule has 0 fully saturated rings. The van der Waals surface area contributed by atoms with Crippen LogP contribution >= 0.6 is 0 Å². The van der Waals surface area contributed by atoms with Crippen LogP contribution in [-0.2, 0) is 0 Å². The van der Waals surface area contributed by atoms with Crippen LogP contribution in [-0.4, -0.2) is 73.0 Å². The molecule has 0 saturated carbocycles. The molecule has 0 amide bonds. The Hall–Kier alpha value is -1.90. The summed E-state index contributed by atoms with van der Waals surface area (Å²) >= 11 is 0. The maximum atomic E-state index is 10.5. The highest BCUT2D eigenvalue weighted by Gasteiger charge is 2.24. The van der Waals surface area contributed by atoms with Gasteiger partial charge in [0.2, 0.25) is 0 Å². The third kappa shape index (κ3) is 5.06. The van der Waals surface area contributed by atoms with E-state index in [1.54, 1.807) is 6.08 Å². The van der Waals surface area contributed by atoms with E-state index in [1.165, 1.54) is 30.4 Å². The van der Waals surface area contributed by atoms with Crippen LogP contribution in [0.15, 0.2) is 42.0 Å². The summed E-state index contributed by atoms with van der Waals surface area (Å²) in [6.45, 7) is 4.29. The highest BCUT2D eigenvalue weighted by atomic mass is 16.3. The lowest BCUT2D eigenvalue weighted by atomic mass is 9.97. The van der Waals surface area contributed by atoms with Crippen LogP contribution in [0.1, 0.15) is 25.5 Å². The highest BCUT2D eigenvalue weighted by molar-refractivity contribution is 5.41. The highest BCUT2D eigenvalue weighted by Crippen LogP contribution is 2.28. The van der Waals surface area contributed by atoms with Gasteiger partial charge < -0.3 is 30.6 Å². The molecular weight excluding hydrogens is 338 g/mol. The largest absolute Gasteiger partial charge is 0.504 e. The average Bonchev–Trinajstić information content (AvgIpc) is 2.58. The molecule has 0 aromatic heterocycles. The molecule has 7 nitrogen and oxygen atoms in total. The van der Waals surface area contributed by atoms with Gasteiger partial charge in [-0.3, -0.25) is 4.90 Å². The van der Waals surface area contributed by atoms with Gasteiger partial charge in [-0.15, -0.1) is 0 Å². The van der Waals surface area contributed by atoms with Gasteiger partial charge in [-0.05, 0) is 43.2 Å². The molecule has 1 aromatic rings. The molecule has 0 radical (unpaired) electrons. The molecule has 7 heteroatoms. The predicted octanol–water partition coefficient (Wildman–Crippen LogP) is 0.420. The summed E-state index contributed by atoms with van der Waals surface area (Å²) in [5.74, 6) is -0.559. The van der Waals surface area contributed by atoms with Gasteiger partial charge in [0.05, 0.1) is 12.2 Å². The fraction of sp³-hybridized carbons (Fsp3) is 0.474. The van der Waals surface area contributed by atoms with E-state index >= 15 is 0 Å². The Morgan fingerprint density at radius 3 is 2.19 bits per heavy atom. The van der Waals surface area contributed by atoms with Gasteiger partial charge in [0.25, 0.3) is 0 Å². The van der Waals surface area contributed by atoms with Gasteiger partial charge in [-0.25, -0.2) is 0 Å². The zero-order chi connectivity index (χ0) is 19.4. The monoisotopic (exact) mass is 365 g/mol. The second kappa shape index (κ2) is 8.66. The Balaban J connectivity index is 2.05. The minimum Gasteiger partial charge on any atom is -0.504 e. The van der Waals surface area contributed by atoms with Crippen LogP contribution in [0.4, 0.5) is 0 Å². The first kappa shape index (κ1) is 20.4. The predicted molar refractivity (Wildman–Crippen MR) is 96.7 cm³/mol. The molecule has 1 aliphatic carbocycles. The van der Waals surface area contributed by atoms with Crippen LogP contribution < -0.4 is 0 Å². The van der Waals surface area contributed by atoms with Crippen LogP contribution in [0.5, 0.6) is 11.5 Å². The number of phenols is 2. The summed E-state index contributed by atoms with van der Waals surface area (Å²) in [5.41, 5.74) is 0.959. The summed E-state index contributed by atoms with van der Waals surface area (Å²) in [6.07, 6.45) is 0.586. The van der Waals surface area contributed by atoms with Crippen molar-refractivity contribution < 1.29 is 30.6 Å². The first-order valence-corrected chi connectivity index (χ1v) is 8.57. The zero-order valence-corrected chi connectivity index (χ0v) is 14.9. The molecule has 4 unspecified atom stereocenters. The van der Waals surface area contributed by atoms with Crippen molar-refractivity contribution in [2.45, 2.75) is 44.3 Å². The van der Waals surface area contributed by atoms with Crippen molar-refractivity contribution in [3.05, 3.63) is 47.6 Å². The molecule has 2 rings (SSSR count). The van der Waals surface area contributed by atoms with E-state index in [9.17, 15) is 30.6 Å². The molecule has 1 aliphatic rings. The molecule has 0 saturated heterocycles. The Morgan fingerprint density at radius 2 is 1.62 bits per heavy atom. The second-order valence-electron chi connectivity index (χ2n) is 6.83. The van der Waals surface area contributed by atoms with E-state index in [0.717, 1.165) is 0 Å². The molecule has 0 bridgehead atoms. The summed E-state index contributed by atoms with van der Waals surface area (Å²) in [6, 6.07) is 4.17. The number of nitrogens with zero attached hydrogens (tertiary/aromatic N) is 1. The molecule has 0 spiro atoms. The molecule has 6 N–H and O–H groups in total. The SMILES string of the molecule is CC(C)N(CC(O)C1=CC(O)C(O)C=C1)CC(O)c1ccc(O)c(O)c1. The Kier molecular flexibility index (Phi) is 6.80. The zero-order valence-electron chi connectivity index (χ0n) is 14.9. The molecule has 4 atom stereocenters. The van der Waals surface area contributed by atoms with Crippen molar-refractivity contribution in [1.29, 1.82) is 0 Å². The Bertz CT molecular complexity index is 672. The van der Waals surface area contributed by atoms with Crippen molar-refractivity contribution in [2.24, 2.45) is 0 Å². The lowest BCUT2D eigenvalue weighted by Crippen LogP contribution is -2.41. The van der Waals surface area contributed by atoms with Crippen molar-refractivity contribution >= 4 is 0 Å². The maximum absolute atomic E-state index is 10.5. The fourth-order valence-corrected chi connectivity index (χ4v) is 2.80. The third-order valence-corrected chi connectivity index (χ3v) is 4.51. The second-order valence-corrected chi connectivity index (χ2v) is 6.83. The van der Waals surface area contributed by atoms with E-state index in [2.05, 4.69) is 0 Å². The lowest BCUT2D eigenvalue weighted by Gasteiger charge is -2.32. The third-order valence-electron chi connectivity index (χ3n) is 4.51. The lowest BCUT2D eigenvalue weighted by molar-refractivity contribution is 0.0593. The number of rotatable bonds is 7. The normalized spacial score (nSPS) is 22.5. The summed E-state index contributed by atoms with van der Waals surface area (Å²) < 4.78 is 0. The summed E-state index contributed by atoms with van der Waals surface area (Å²) in [5, 5.41) is 59.0. The molecular formula is C19H27NO6. The van der Waals surface area contributed by atoms with Gasteiger partial charge in [-0.1, -0.05) is 18.2 Å². The van der Waals surface area contributed by atoms with Gasteiger partial charge in [0.15, 0.2) is 11.5 Å². The quantitative estimate of drug-likeness (QED) is 0.387. The molecule has 1 aromatic carbocycles. The first-order valence-electron chi connectivity index (χ1n) is 8.57. The molecule has 26 heavy (non-hydrogen) atoms. The van der Waals surface area contributed by atoms with E-state index in [-0.39, 0.29) is 30.6 Å². The Morgan fingerprint density at radius 1 is 0.962 bits per heavy atom. The number of benzene rings is 1. The van der Waals surface area contributed by atoms with Crippen molar-refractivity contribution in [3.63, 3.8) is 0 Å². The van der Waals surface area contributed by atoms with Crippen molar-refractivity contribution in [3.8, 4) is 11.5 Å². The van der Waals surface area contributed by atoms with E-state index in [0.29, 0.717) is 11.1 Å². The Labute approximate surface area is 152 Å². The van der Waals surface area contributed by atoms with Gasteiger partial charge in [-0.2, -0.15) is 0 Å². The fourth-order valence-electron chi connectivity index (χ4n) is 2.80. The van der Waals surface area contributed by atoms with Gasteiger partial charge in [0, 0.05) is 19.1 Å². The van der Waals surface area contributed by atoms with E-state index in [4.69, 9.17) is 0 Å². The topological polar surface area (TPSA) is 125 Å². The molecule has 0 heterocycles. The minimum absolute atomic E-state index is 0.0219. The van der Waals surface area contributed by atoms with Crippen LogP contribution in [0.3, 0.4) is 0 Å². The van der Waals surface area contributed by atoms with Crippen LogP contribution in [0.25, 0.3) is 0 Å². The minimum atomic E-state index is -1.05. The molecule has 0 aliphatic heterocycles. The summed E-state index contributed by atoms with van der Waals surface area (Å²) in [4.78, 5) is 1.87. The number of aromatic hydroxyl groups is 2. The van der Waals surface area contributed by atoms with E-state index < -0.39 is 24.4 Å². The standard InChI is InChI=1S/C19H27NO6/c1-11(2)20(9-18(25)12-3-5-14(21)16(23)7-12)10-19(26)13-4-6-15(22)17(24)8-13/h3-8,11,14,16,18-19,21-26H,9-10H2,1-2H3. The van der Waals surface area contributed by atoms with Crippen LogP contribution in [0, 0.1) is 0 Å². The van der Waals surface area contributed by atoms with Gasteiger partial charge >= 0.3 is 0 Å². The number of hydrogen-bond acceptors (Lipinski definition) is 7. The number of phenolic OH excluding ortho intramolecular Hbond substituents is 2. The average molecular weight is 365 g/mol. The number of aliphatic hydroxyl groups excluding tert-OH is 4. The number of aliphatic hydroxyl groups is 4. The number of hydrogen-bond donors (Lipinski definition) is 6. The molecule has 144 valence electrons.